The van der Waals surface area contributed by atoms with Crippen molar-refractivity contribution in [3.8, 4) is 0 Å². The number of halogens is 2. The van der Waals surface area contributed by atoms with Gasteiger partial charge in [-0.25, -0.2) is 5.43 Å². The molecule has 1 aromatic heterocycles. The SMILES string of the molecule is Cc1c(C(=O)N/N=C\c2ccc(Cl)cc2)[nH]c2c(Cl)cccc12. The summed E-state index contributed by atoms with van der Waals surface area (Å²) < 4.78 is 0. The molecule has 0 bridgehead atoms. The number of amides is 1. The molecule has 1 heterocycles. The summed E-state index contributed by atoms with van der Waals surface area (Å²) in [6.07, 6.45) is 1.55. The Balaban J connectivity index is 1.80. The van der Waals surface area contributed by atoms with Gasteiger partial charge in [-0.15, -0.1) is 0 Å². The first kappa shape index (κ1) is 15.6. The summed E-state index contributed by atoms with van der Waals surface area (Å²) >= 11 is 12.0. The second-order valence-electron chi connectivity index (χ2n) is 5.04. The molecule has 0 aliphatic rings. The van der Waals surface area contributed by atoms with E-state index >= 15 is 0 Å². The van der Waals surface area contributed by atoms with Gasteiger partial charge in [0.25, 0.3) is 5.91 Å². The zero-order chi connectivity index (χ0) is 16.4. The van der Waals surface area contributed by atoms with Gasteiger partial charge < -0.3 is 4.98 Å². The highest BCUT2D eigenvalue weighted by Gasteiger charge is 2.15. The van der Waals surface area contributed by atoms with Crippen LogP contribution in [0.25, 0.3) is 10.9 Å². The second-order valence-corrected chi connectivity index (χ2v) is 5.88. The predicted molar refractivity (Wildman–Crippen MR) is 94.6 cm³/mol. The van der Waals surface area contributed by atoms with Crippen LogP contribution < -0.4 is 5.43 Å². The predicted octanol–water partition coefficient (Wildman–Crippen LogP) is 4.55. The smallest absolute Gasteiger partial charge is 0.288 e. The normalized spacial score (nSPS) is 11.3. The Hall–Kier alpha value is -2.30. The molecule has 0 saturated heterocycles. The largest absolute Gasteiger partial charge is 0.349 e. The summed E-state index contributed by atoms with van der Waals surface area (Å²) in [6.45, 7) is 1.87. The van der Waals surface area contributed by atoms with Gasteiger partial charge in [-0.1, -0.05) is 47.5 Å². The molecule has 0 radical (unpaired) electrons. The zero-order valence-corrected chi connectivity index (χ0v) is 13.7. The maximum Gasteiger partial charge on any atom is 0.288 e. The van der Waals surface area contributed by atoms with Crippen molar-refractivity contribution in [2.45, 2.75) is 6.92 Å². The Morgan fingerprint density at radius 1 is 1.17 bits per heavy atom. The molecule has 0 fully saturated rings. The minimum absolute atomic E-state index is 0.319. The first-order valence-electron chi connectivity index (χ1n) is 6.92. The average Bonchev–Trinajstić information content (AvgIpc) is 2.88. The summed E-state index contributed by atoms with van der Waals surface area (Å²) in [5.74, 6) is -0.319. The third-order valence-electron chi connectivity index (χ3n) is 3.52. The summed E-state index contributed by atoms with van der Waals surface area (Å²) in [5.41, 5.74) is 5.37. The number of carbonyl (C=O) groups excluding carboxylic acids is 1. The highest BCUT2D eigenvalue weighted by molar-refractivity contribution is 6.35. The minimum atomic E-state index is -0.319. The van der Waals surface area contributed by atoms with E-state index in [9.17, 15) is 4.79 Å². The van der Waals surface area contributed by atoms with Gasteiger partial charge in [-0.05, 0) is 36.2 Å². The molecule has 1 amide bonds. The number of aromatic nitrogens is 1. The maximum absolute atomic E-state index is 12.3. The molecule has 0 saturated carbocycles. The molecule has 2 aromatic carbocycles. The second kappa shape index (κ2) is 6.44. The number of carbonyl (C=O) groups is 1. The van der Waals surface area contributed by atoms with Crippen LogP contribution >= 0.6 is 23.2 Å². The number of hydrogen-bond acceptors (Lipinski definition) is 2. The van der Waals surface area contributed by atoms with Crippen LogP contribution in [0.15, 0.2) is 47.6 Å². The first-order chi connectivity index (χ1) is 11.1. The molecule has 6 heteroatoms. The third kappa shape index (κ3) is 3.23. The van der Waals surface area contributed by atoms with Crippen molar-refractivity contribution in [1.82, 2.24) is 10.4 Å². The number of benzene rings is 2. The molecule has 2 N–H and O–H groups in total. The number of aryl methyl sites for hydroxylation is 1. The van der Waals surface area contributed by atoms with Crippen LogP contribution in [0.1, 0.15) is 21.6 Å². The summed E-state index contributed by atoms with van der Waals surface area (Å²) in [4.78, 5) is 15.3. The van der Waals surface area contributed by atoms with Crippen molar-refractivity contribution >= 4 is 46.2 Å². The van der Waals surface area contributed by atoms with Gasteiger partial charge in [0, 0.05) is 10.4 Å². The molecule has 0 aliphatic heterocycles. The average molecular weight is 346 g/mol. The first-order valence-corrected chi connectivity index (χ1v) is 7.67. The van der Waals surface area contributed by atoms with Gasteiger partial charge in [0.1, 0.15) is 5.69 Å². The standard InChI is InChI=1S/C17H13Cl2N3O/c1-10-13-3-2-4-14(19)16(13)21-15(10)17(23)22-20-9-11-5-7-12(18)8-6-11/h2-9,21H,1H3,(H,22,23)/b20-9-. The fourth-order valence-electron chi connectivity index (χ4n) is 2.31. The van der Waals surface area contributed by atoms with Crippen molar-refractivity contribution in [1.29, 1.82) is 0 Å². The molecule has 4 nitrogen and oxygen atoms in total. The van der Waals surface area contributed by atoms with Gasteiger partial charge in [0.05, 0.1) is 16.8 Å². The summed E-state index contributed by atoms with van der Waals surface area (Å²) in [7, 11) is 0. The lowest BCUT2D eigenvalue weighted by Gasteiger charge is -1.99. The van der Waals surface area contributed by atoms with E-state index in [1.165, 1.54) is 0 Å². The Kier molecular flexibility index (Phi) is 4.37. The van der Waals surface area contributed by atoms with E-state index in [1.54, 1.807) is 24.4 Å². The number of H-pyrrole nitrogens is 1. The van der Waals surface area contributed by atoms with Crippen molar-refractivity contribution in [2.75, 3.05) is 0 Å². The monoisotopic (exact) mass is 345 g/mol. The van der Waals surface area contributed by atoms with Crippen LogP contribution in [0, 0.1) is 6.92 Å². The van der Waals surface area contributed by atoms with Crippen LogP contribution in [0.2, 0.25) is 10.0 Å². The molecule has 0 unspecified atom stereocenters. The number of hydrazone groups is 1. The van der Waals surface area contributed by atoms with E-state index in [0.29, 0.717) is 15.7 Å². The van der Waals surface area contributed by atoms with Crippen molar-refractivity contribution in [3.05, 3.63) is 69.3 Å². The van der Waals surface area contributed by atoms with E-state index in [1.807, 2.05) is 31.2 Å². The number of hydrogen-bond donors (Lipinski definition) is 2. The van der Waals surface area contributed by atoms with Crippen LogP contribution in [0.5, 0.6) is 0 Å². The fourth-order valence-corrected chi connectivity index (χ4v) is 2.66. The topological polar surface area (TPSA) is 57.2 Å². The molecular formula is C17H13Cl2N3O. The Morgan fingerprint density at radius 2 is 1.91 bits per heavy atom. The van der Waals surface area contributed by atoms with Gasteiger partial charge in [0.2, 0.25) is 0 Å². The Bertz CT molecular complexity index is 898. The van der Waals surface area contributed by atoms with Gasteiger partial charge in [-0.3, -0.25) is 4.79 Å². The summed E-state index contributed by atoms with van der Waals surface area (Å²) in [6, 6.07) is 12.7. The van der Waals surface area contributed by atoms with E-state index in [-0.39, 0.29) is 5.91 Å². The van der Waals surface area contributed by atoms with Gasteiger partial charge in [-0.2, -0.15) is 5.10 Å². The van der Waals surface area contributed by atoms with E-state index in [2.05, 4.69) is 15.5 Å². The Morgan fingerprint density at radius 3 is 2.61 bits per heavy atom. The highest BCUT2D eigenvalue weighted by atomic mass is 35.5. The third-order valence-corrected chi connectivity index (χ3v) is 4.09. The van der Waals surface area contributed by atoms with Crippen molar-refractivity contribution in [3.63, 3.8) is 0 Å². The van der Waals surface area contributed by atoms with Gasteiger partial charge >= 0.3 is 0 Å². The molecule has 3 aromatic rings. The van der Waals surface area contributed by atoms with E-state index in [4.69, 9.17) is 23.2 Å². The molecule has 0 aliphatic carbocycles. The number of fused-ring (bicyclic) bond motifs is 1. The lowest BCUT2D eigenvalue weighted by molar-refractivity contribution is 0.0950. The van der Waals surface area contributed by atoms with Crippen molar-refractivity contribution in [2.24, 2.45) is 5.10 Å². The lowest BCUT2D eigenvalue weighted by Crippen LogP contribution is -2.18. The minimum Gasteiger partial charge on any atom is -0.349 e. The number of para-hydroxylation sites is 1. The number of nitrogens with zero attached hydrogens (tertiary/aromatic N) is 1. The van der Waals surface area contributed by atoms with Crippen LogP contribution in [-0.2, 0) is 0 Å². The molecule has 0 spiro atoms. The van der Waals surface area contributed by atoms with Gasteiger partial charge in [0.15, 0.2) is 0 Å². The number of aromatic amines is 1. The number of nitrogens with one attached hydrogen (secondary N) is 2. The van der Waals surface area contributed by atoms with Crippen LogP contribution in [0.3, 0.4) is 0 Å². The number of rotatable bonds is 3. The van der Waals surface area contributed by atoms with Crippen LogP contribution in [-0.4, -0.2) is 17.1 Å². The Labute approximate surface area is 143 Å². The maximum atomic E-state index is 12.3. The molecular weight excluding hydrogens is 333 g/mol. The quantitative estimate of drug-likeness (QED) is 0.531. The van der Waals surface area contributed by atoms with E-state index < -0.39 is 0 Å². The molecule has 3 rings (SSSR count). The molecule has 116 valence electrons. The van der Waals surface area contributed by atoms with E-state index in [0.717, 1.165) is 22.0 Å². The van der Waals surface area contributed by atoms with Crippen molar-refractivity contribution < 1.29 is 4.79 Å². The lowest BCUT2D eigenvalue weighted by atomic mass is 10.1. The van der Waals surface area contributed by atoms with Crippen LogP contribution in [0.4, 0.5) is 0 Å². The molecule has 23 heavy (non-hydrogen) atoms. The zero-order valence-electron chi connectivity index (χ0n) is 12.2. The summed E-state index contributed by atoms with van der Waals surface area (Å²) in [5, 5.41) is 6.11. The molecule has 0 atom stereocenters. The fraction of sp³-hybridized carbons (Fsp3) is 0.0588. The highest BCUT2D eigenvalue weighted by Crippen LogP contribution is 2.27.